The number of thioether (sulfide) groups is 1. The zero-order valence-corrected chi connectivity index (χ0v) is 17.8. The summed E-state index contributed by atoms with van der Waals surface area (Å²) in [4.78, 5) is 12.5. The lowest BCUT2D eigenvalue weighted by Gasteiger charge is -2.14. The van der Waals surface area contributed by atoms with Gasteiger partial charge in [-0.05, 0) is 31.0 Å². The Balaban J connectivity index is 1.29. The van der Waals surface area contributed by atoms with Crippen LogP contribution in [-0.4, -0.2) is 55.7 Å². The number of rotatable bonds is 7. The van der Waals surface area contributed by atoms with Crippen molar-refractivity contribution in [3.63, 3.8) is 0 Å². The van der Waals surface area contributed by atoms with Crippen molar-refractivity contribution < 1.29 is 19.0 Å². The number of hydrogen-bond donors (Lipinski definition) is 1. The Labute approximate surface area is 182 Å². The lowest BCUT2D eigenvalue weighted by molar-refractivity contribution is -0.113. The number of nitrogens with one attached hydrogen (secondary N) is 1. The minimum atomic E-state index is -0.144. The highest BCUT2D eigenvalue weighted by Crippen LogP contribution is 2.34. The molecule has 0 bridgehead atoms. The number of ether oxygens (including phenoxy) is 3. The van der Waals surface area contributed by atoms with Gasteiger partial charge in [-0.15, -0.1) is 10.2 Å². The zero-order chi connectivity index (χ0) is 21.2. The van der Waals surface area contributed by atoms with Crippen molar-refractivity contribution in [2.24, 2.45) is 7.05 Å². The van der Waals surface area contributed by atoms with E-state index in [1.54, 1.807) is 22.9 Å². The second kappa shape index (κ2) is 8.60. The van der Waals surface area contributed by atoms with Crippen LogP contribution >= 0.6 is 11.8 Å². The van der Waals surface area contributed by atoms with Crippen LogP contribution in [0.1, 0.15) is 12.8 Å². The average Bonchev–Trinajstić information content (AvgIpc) is 3.54. The van der Waals surface area contributed by atoms with Crippen LogP contribution in [0.4, 0.5) is 5.69 Å². The molecule has 0 unspecified atom stereocenters. The molecule has 1 aromatic carbocycles. The highest BCUT2D eigenvalue weighted by molar-refractivity contribution is 7.99. The van der Waals surface area contributed by atoms with E-state index >= 15 is 0 Å². The molecular formula is C20H22N6O4S. The van der Waals surface area contributed by atoms with Crippen LogP contribution in [0.25, 0.3) is 11.5 Å². The van der Waals surface area contributed by atoms with Gasteiger partial charge in [-0.1, -0.05) is 11.8 Å². The SMILES string of the molecule is Cn1ccc(-c2nnc(SCC(=O)Nc3ccc4c(c3)OCO4)n2C[C@H]2CCCO2)n1. The number of aromatic nitrogens is 5. The molecular weight excluding hydrogens is 420 g/mol. The van der Waals surface area contributed by atoms with Gasteiger partial charge in [0.05, 0.1) is 18.4 Å². The van der Waals surface area contributed by atoms with Crippen LogP contribution in [0.5, 0.6) is 11.5 Å². The highest BCUT2D eigenvalue weighted by atomic mass is 32.2. The summed E-state index contributed by atoms with van der Waals surface area (Å²) in [6.07, 6.45) is 4.02. The lowest BCUT2D eigenvalue weighted by Crippen LogP contribution is -2.18. The summed E-state index contributed by atoms with van der Waals surface area (Å²) < 4.78 is 20.2. The molecule has 1 N–H and O–H groups in total. The molecule has 1 saturated heterocycles. The summed E-state index contributed by atoms with van der Waals surface area (Å²) >= 11 is 1.34. The molecule has 0 radical (unpaired) electrons. The molecule has 4 heterocycles. The summed E-state index contributed by atoms with van der Waals surface area (Å²) in [5.74, 6) is 2.03. The van der Waals surface area contributed by atoms with E-state index in [0.29, 0.717) is 34.7 Å². The fourth-order valence-electron chi connectivity index (χ4n) is 3.58. The molecule has 5 rings (SSSR count). The molecule has 10 nitrogen and oxygen atoms in total. The molecule has 0 spiro atoms. The summed E-state index contributed by atoms with van der Waals surface area (Å²) in [6.45, 7) is 1.60. The van der Waals surface area contributed by atoms with E-state index < -0.39 is 0 Å². The predicted molar refractivity (Wildman–Crippen MR) is 113 cm³/mol. The van der Waals surface area contributed by atoms with Crippen molar-refractivity contribution in [1.29, 1.82) is 0 Å². The number of fused-ring (bicyclic) bond motifs is 1. The first-order valence-electron chi connectivity index (χ1n) is 10.0. The second-order valence-corrected chi connectivity index (χ2v) is 8.27. The van der Waals surface area contributed by atoms with Crippen molar-refractivity contribution in [3.8, 4) is 23.0 Å². The van der Waals surface area contributed by atoms with Crippen LogP contribution < -0.4 is 14.8 Å². The standard InChI is InChI=1S/C20H22N6O4S/c1-25-7-6-15(24-25)19-22-23-20(26(19)10-14-3-2-8-28-14)31-11-18(27)21-13-4-5-16-17(9-13)30-12-29-16/h4-7,9,14H,2-3,8,10-12H2,1H3,(H,21,27)/t14-/m1/s1. The molecule has 2 aliphatic rings. The smallest absolute Gasteiger partial charge is 0.234 e. The number of anilines is 1. The number of nitrogens with zero attached hydrogens (tertiary/aromatic N) is 5. The zero-order valence-electron chi connectivity index (χ0n) is 17.0. The van der Waals surface area contributed by atoms with E-state index in [9.17, 15) is 4.79 Å². The van der Waals surface area contributed by atoms with Crippen LogP contribution in [0.3, 0.4) is 0 Å². The van der Waals surface area contributed by atoms with Crippen molar-refractivity contribution in [3.05, 3.63) is 30.5 Å². The van der Waals surface area contributed by atoms with Gasteiger partial charge in [0.15, 0.2) is 22.5 Å². The van der Waals surface area contributed by atoms with Crippen molar-refractivity contribution in [2.75, 3.05) is 24.5 Å². The molecule has 1 fully saturated rings. The Bertz CT molecular complexity index is 1090. The Morgan fingerprint density at radius 2 is 2.16 bits per heavy atom. The van der Waals surface area contributed by atoms with Crippen molar-refractivity contribution >= 4 is 23.4 Å². The van der Waals surface area contributed by atoms with Crippen LogP contribution in [0.15, 0.2) is 35.6 Å². The molecule has 31 heavy (non-hydrogen) atoms. The maximum absolute atomic E-state index is 12.5. The first-order chi connectivity index (χ1) is 15.2. The average molecular weight is 443 g/mol. The van der Waals surface area contributed by atoms with E-state index in [4.69, 9.17) is 14.2 Å². The summed E-state index contributed by atoms with van der Waals surface area (Å²) in [6, 6.07) is 7.22. The van der Waals surface area contributed by atoms with Gasteiger partial charge in [-0.2, -0.15) is 5.10 Å². The van der Waals surface area contributed by atoms with E-state index in [0.717, 1.165) is 25.1 Å². The number of carbonyl (C=O) groups is 1. The first-order valence-corrected chi connectivity index (χ1v) is 11.0. The molecule has 2 aromatic heterocycles. The molecule has 1 amide bonds. The number of benzene rings is 1. The summed E-state index contributed by atoms with van der Waals surface area (Å²) in [7, 11) is 1.86. The number of carbonyl (C=O) groups excluding carboxylic acids is 1. The third-order valence-electron chi connectivity index (χ3n) is 5.06. The fourth-order valence-corrected chi connectivity index (χ4v) is 4.33. The topological polar surface area (TPSA) is 105 Å². The number of hydrogen-bond acceptors (Lipinski definition) is 8. The van der Waals surface area contributed by atoms with Gasteiger partial charge in [-0.25, -0.2) is 0 Å². The van der Waals surface area contributed by atoms with E-state index in [2.05, 4.69) is 20.6 Å². The molecule has 3 aromatic rings. The largest absolute Gasteiger partial charge is 0.454 e. The molecule has 2 aliphatic heterocycles. The quantitative estimate of drug-likeness (QED) is 0.556. The van der Waals surface area contributed by atoms with Gasteiger partial charge >= 0.3 is 0 Å². The van der Waals surface area contributed by atoms with Crippen molar-refractivity contribution in [2.45, 2.75) is 30.6 Å². The minimum Gasteiger partial charge on any atom is -0.454 e. The lowest BCUT2D eigenvalue weighted by atomic mass is 10.2. The van der Waals surface area contributed by atoms with Gasteiger partial charge in [0.25, 0.3) is 0 Å². The first kappa shape index (κ1) is 19.9. The van der Waals surface area contributed by atoms with Crippen LogP contribution in [0, 0.1) is 0 Å². The summed E-state index contributed by atoms with van der Waals surface area (Å²) in [5, 5.41) is 16.7. The molecule has 0 saturated carbocycles. The van der Waals surface area contributed by atoms with E-state index in [1.807, 2.05) is 23.9 Å². The van der Waals surface area contributed by atoms with Crippen LogP contribution in [-0.2, 0) is 23.1 Å². The Morgan fingerprint density at radius 1 is 1.26 bits per heavy atom. The predicted octanol–water partition coefficient (Wildman–Crippen LogP) is 2.32. The fraction of sp³-hybridized carbons (Fsp3) is 0.400. The van der Waals surface area contributed by atoms with Gasteiger partial charge in [0, 0.05) is 31.6 Å². The van der Waals surface area contributed by atoms with Gasteiger partial charge in [0.2, 0.25) is 12.7 Å². The van der Waals surface area contributed by atoms with Gasteiger partial charge in [0.1, 0.15) is 5.69 Å². The second-order valence-electron chi connectivity index (χ2n) is 7.33. The Kier molecular flexibility index (Phi) is 5.51. The maximum atomic E-state index is 12.5. The number of aryl methyl sites for hydroxylation is 1. The normalized spacial score (nSPS) is 17.3. The third kappa shape index (κ3) is 4.37. The van der Waals surface area contributed by atoms with Crippen LogP contribution in [0.2, 0.25) is 0 Å². The molecule has 0 aliphatic carbocycles. The van der Waals surface area contributed by atoms with E-state index in [1.165, 1.54) is 11.8 Å². The Hall–Kier alpha value is -3.05. The summed E-state index contributed by atoms with van der Waals surface area (Å²) in [5.41, 5.74) is 1.40. The van der Waals surface area contributed by atoms with E-state index in [-0.39, 0.29) is 24.6 Å². The minimum absolute atomic E-state index is 0.111. The number of amides is 1. The van der Waals surface area contributed by atoms with Crippen molar-refractivity contribution in [1.82, 2.24) is 24.5 Å². The molecule has 11 heteroatoms. The third-order valence-corrected chi connectivity index (χ3v) is 6.03. The molecule has 162 valence electrons. The highest BCUT2D eigenvalue weighted by Gasteiger charge is 2.23. The Morgan fingerprint density at radius 3 is 2.97 bits per heavy atom. The van der Waals surface area contributed by atoms with Gasteiger partial charge in [-0.3, -0.25) is 14.0 Å². The maximum Gasteiger partial charge on any atom is 0.234 e. The van der Waals surface area contributed by atoms with Gasteiger partial charge < -0.3 is 19.5 Å². The molecule has 1 atom stereocenters. The monoisotopic (exact) mass is 442 g/mol.